The van der Waals surface area contributed by atoms with Gasteiger partial charge in [-0.25, -0.2) is 4.98 Å². The van der Waals surface area contributed by atoms with E-state index in [0.29, 0.717) is 24.0 Å². The summed E-state index contributed by atoms with van der Waals surface area (Å²) < 4.78 is 142. The van der Waals surface area contributed by atoms with Crippen LogP contribution >= 0.6 is 0 Å². The van der Waals surface area contributed by atoms with E-state index in [2.05, 4.69) is 9.72 Å². The van der Waals surface area contributed by atoms with Gasteiger partial charge in [0, 0.05) is 36.1 Å². The van der Waals surface area contributed by atoms with Crippen LogP contribution in [0.25, 0.3) is 0 Å². The third-order valence-electron chi connectivity index (χ3n) is 5.33. The van der Waals surface area contributed by atoms with E-state index in [0.717, 1.165) is 36.5 Å². The van der Waals surface area contributed by atoms with Gasteiger partial charge in [-0.15, -0.1) is 0 Å². The van der Waals surface area contributed by atoms with Gasteiger partial charge < -0.3 is 19.5 Å². The van der Waals surface area contributed by atoms with Gasteiger partial charge in [-0.3, -0.25) is 0 Å². The molecule has 2 aromatic carbocycles. The first-order valence-electron chi connectivity index (χ1n) is 10.7. The van der Waals surface area contributed by atoms with Gasteiger partial charge in [0.25, 0.3) is 0 Å². The highest BCUT2D eigenvalue weighted by molar-refractivity contribution is 5.54. The Morgan fingerprint density at radius 3 is 2.10 bits per heavy atom. The number of hydrogen-bond acceptors (Lipinski definition) is 5. The van der Waals surface area contributed by atoms with Crippen molar-refractivity contribution in [2.75, 3.05) is 4.90 Å². The van der Waals surface area contributed by atoms with Gasteiger partial charge in [-0.1, -0.05) is 24.3 Å². The minimum atomic E-state index is -5.96. The van der Waals surface area contributed by atoms with E-state index in [-0.39, 0.29) is 17.2 Å². The highest BCUT2D eigenvalue weighted by atomic mass is 19.4. The van der Waals surface area contributed by atoms with Crippen molar-refractivity contribution in [3.63, 3.8) is 0 Å². The van der Waals surface area contributed by atoms with Crippen molar-refractivity contribution >= 4 is 5.69 Å². The number of nitrogens with zero attached hydrogens (tertiary/aromatic N) is 2. The smallest absolute Gasteiger partial charge is 0.457 e. The van der Waals surface area contributed by atoms with Gasteiger partial charge in [0.05, 0.1) is 0 Å². The van der Waals surface area contributed by atoms with E-state index >= 15 is 0 Å². The molecule has 0 aliphatic carbocycles. The predicted octanol–water partition coefficient (Wildman–Crippen LogP) is 7.41. The quantitative estimate of drug-likeness (QED) is 0.214. The second-order valence-electron chi connectivity index (χ2n) is 8.18. The maximum absolute atomic E-state index is 13.8. The molecule has 5 nitrogen and oxygen atoms in total. The first kappa shape index (κ1) is 29.8. The Balaban J connectivity index is 1.99. The molecule has 0 radical (unpaired) electrons. The molecule has 1 atom stereocenters. The molecule has 0 amide bonds. The topological polar surface area (TPSA) is 54.8 Å². The van der Waals surface area contributed by atoms with E-state index in [4.69, 9.17) is 4.74 Å². The van der Waals surface area contributed by atoms with Gasteiger partial charge in [-0.2, -0.15) is 43.9 Å². The molecule has 0 saturated carbocycles. The minimum Gasteiger partial charge on any atom is -0.457 e. The van der Waals surface area contributed by atoms with Gasteiger partial charge >= 0.3 is 24.9 Å². The van der Waals surface area contributed by atoms with Crippen molar-refractivity contribution < 1.29 is 58.5 Å². The number of ether oxygens (including phenoxy) is 2. The highest BCUT2D eigenvalue weighted by Crippen LogP contribution is 2.44. The van der Waals surface area contributed by atoms with E-state index in [1.807, 2.05) is 0 Å². The average Bonchev–Trinajstić information content (AvgIpc) is 2.81. The molecule has 1 aromatic heterocycles. The summed E-state index contributed by atoms with van der Waals surface area (Å²) in [6, 6.07) is 9.44. The zero-order valence-electron chi connectivity index (χ0n) is 19.6. The van der Waals surface area contributed by atoms with Crippen molar-refractivity contribution in [1.82, 2.24) is 4.98 Å². The lowest BCUT2D eigenvalue weighted by atomic mass is 10.0. The van der Waals surface area contributed by atoms with Crippen LogP contribution in [0.15, 0.2) is 66.9 Å². The summed E-state index contributed by atoms with van der Waals surface area (Å²) in [6.45, 7) is -3.78. The molecule has 212 valence electrons. The zero-order valence-corrected chi connectivity index (χ0v) is 19.6. The van der Waals surface area contributed by atoms with Crippen molar-refractivity contribution in [1.29, 1.82) is 0 Å². The zero-order chi connectivity index (χ0) is 29.2. The van der Waals surface area contributed by atoms with Crippen molar-refractivity contribution in [3.8, 4) is 17.4 Å². The molecule has 39 heavy (non-hydrogen) atoms. The largest absolute Gasteiger partial charge is 0.458 e. The van der Waals surface area contributed by atoms with Gasteiger partial charge in [0.1, 0.15) is 11.5 Å². The molecule has 1 unspecified atom stereocenters. The first-order valence-corrected chi connectivity index (χ1v) is 10.7. The van der Waals surface area contributed by atoms with Crippen LogP contribution in [-0.2, 0) is 12.5 Å². The fourth-order valence-corrected chi connectivity index (χ4v) is 3.32. The Morgan fingerprint density at radius 2 is 1.49 bits per heavy atom. The Bertz CT molecular complexity index is 1280. The van der Waals surface area contributed by atoms with Crippen LogP contribution in [0.5, 0.6) is 17.4 Å². The summed E-state index contributed by atoms with van der Waals surface area (Å²) in [7, 11) is 0. The van der Waals surface area contributed by atoms with Crippen molar-refractivity contribution in [3.05, 3.63) is 78.0 Å². The number of hydrogen-bond donors (Lipinski definition) is 1. The number of anilines is 1. The maximum Gasteiger partial charge on any atom is 0.458 e. The van der Waals surface area contributed by atoms with Crippen LogP contribution in [0, 0.1) is 0 Å². The van der Waals surface area contributed by atoms with Crippen LogP contribution < -0.4 is 14.4 Å². The SMILES string of the molecule is CC(O)(N(Cc1cccc(C(F)(F)C(F)(F)F)c1)c1cccc(Oc2ccnc(OC(F)F)c2)c1)C(F)(F)F. The van der Waals surface area contributed by atoms with E-state index in [9.17, 15) is 49.0 Å². The summed E-state index contributed by atoms with van der Waals surface area (Å²) in [5.74, 6) is -6.06. The molecule has 0 bridgehead atoms. The second kappa shape index (κ2) is 10.8. The number of alkyl halides is 10. The number of aliphatic hydroxyl groups is 1. The average molecular weight is 572 g/mol. The van der Waals surface area contributed by atoms with Gasteiger partial charge in [0.2, 0.25) is 11.6 Å². The Labute approximate surface area is 214 Å². The van der Waals surface area contributed by atoms with Gasteiger partial charge in [-0.05, 0) is 36.8 Å². The van der Waals surface area contributed by atoms with Gasteiger partial charge in [0.15, 0.2) is 0 Å². The molecule has 0 fully saturated rings. The summed E-state index contributed by atoms with van der Waals surface area (Å²) >= 11 is 0. The van der Waals surface area contributed by atoms with Crippen LogP contribution in [0.2, 0.25) is 0 Å². The van der Waals surface area contributed by atoms with Crippen molar-refractivity contribution in [2.45, 2.75) is 44.1 Å². The predicted molar refractivity (Wildman–Crippen MR) is 117 cm³/mol. The standard InChI is InChI=1S/C24H18F10N2O3/c1-21(37,23(29,30)31)36(13-14-4-2-5-15(10-14)22(27,28)24(32,33)34)16-6-3-7-17(11-16)38-18-8-9-35-19(12-18)39-20(25)26/h2-12,20,37H,13H2,1H3. The number of pyridine rings is 1. The number of halogens is 10. The lowest BCUT2D eigenvalue weighted by Gasteiger charge is -2.40. The summed E-state index contributed by atoms with van der Waals surface area (Å²) in [4.78, 5) is 3.86. The Morgan fingerprint density at radius 1 is 0.846 bits per heavy atom. The third kappa shape index (κ3) is 6.82. The first-order chi connectivity index (χ1) is 17.9. The molecule has 1 N–H and O–H groups in total. The molecule has 15 heteroatoms. The van der Waals surface area contributed by atoms with Crippen LogP contribution in [0.1, 0.15) is 18.1 Å². The molecule has 1 heterocycles. The molecule has 0 spiro atoms. The van der Waals surface area contributed by atoms with Crippen molar-refractivity contribution in [2.24, 2.45) is 0 Å². The highest BCUT2D eigenvalue weighted by Gasteiger charge is 2.59. The fraction of sp³-hybridized carbons (Fsp3) is 0.292. The van der Waals surface area contributed by atoms with Crippen LogP contribution in [0.3, 0.4) is 0 Å². The molecule has 0 aliphatic heterocycles. The molecule has 0 saturated heterocycles. The van der Waals surface area contributed by atoms with Crippen LogP contribution in [-0.4, -0.2) is 34.8 Å². The van der Waals surface area contributed by atoms with E-state index in [1.165, 1.54) is 18.2 Å². The van der Waals surface area contributed by atoms with E-state index < -0.39 is 54.2 Å². The normalized spacial score (nSPS) is 14.2. The molecule has 0 aliphatic rings. The minimum absolute atomic E-state index is 0.103. The monoisotopic (exact) mass is 572 g/mol. The molecular formula is C24H18F10N2O3. The summed E-state index contributed by atoms with van der Waals surface area (Å²) in [5, 5.41) is 10.4. The molecular weight excluding hydrogens is 554 g/mol. The Kier molecular flexibility index (Phi) is 8.24. The molecule has 3 rings (SSSR count). The lowest BCUT2D eigenvalue weighted by Crippen LogP contribution is -2.56. The third-order valence-corrected chi connectivity index (χ3v) is 5.33. The number of benzene rings is 2. The summed E-state index contributed by atoms with van der Waals surface area (Å²) in [6.07, 6.45) is -10.2. The molecule has 3 aromatic rings. The number of aromatic nitrogens is 1. The maximum atomic E-state index is 13.8. The lowest BCUT2D eigenvalue weighted by molar-refractivity contribution is -0.289. The van der Waals surface area contributed by atoms with E-state index in [1.54, 1.807) is 0 Å². The second-order valence-corrected chi connectivity index (χ2v) is 8.18. The number of rotatable bonds is 9. The van der Waals surface area contributed by atoms with Crippen LogP contribution in [0.4, 0.5) is 49.6 Å². The fourth-order valence-electron chi connectivity index (χ4n) is 3.32. The summed E-state index contributed by atoms with van der Waals surface area (Å²) in [5.41, 5.74) is -5.92. The Hall–Kier alpha value is -3.75.